The number of benzene rings is 4. The molecular weight excluding hydrogens is 1040 g/mol. The van der Waals surface area contributed by atoms with Gasteiger partial charge in [0.25, 0.3) is 0 Å². The van der Waals surface area contributed by atoms with Crippen molar-refractivity contribution >= 4 is 39.8 Å². The molecule has 0 saturated heterocycles. The van der Waals surface area contributed by atoms with E-state index < -0.39 is 5.97 Å². The molecule has 1 N–H and O–H groups in total. The third kappa shape index (κ3) is 35.7. The van der Waals surface area contributed by atoms with Crippen LogP contribution in [0.2, 0.25) is 0 Å². The van der Waals surface area contributed by atoms with Gasteiger partial charge < -0.3 is 19.3 Å². The van der Waals surface area contributed by atoms with Crippen molar-refractivity contribution in [3.05, 3.63) is 138 Å². The van der Waals surface area contributed by atoms with Crippen LogP contribution >= 0.6 is 15.9 Å². The molecule has 434 valence electrons. The summed E-state index contributed by atoms with van der Waals surface area (Å²) in [6, 6.07) is 22.8. The molecule has 9 heteroatoms. The molecule has 0 unspecified atom stereocenters. The Balaban J connectivity index is -0.000000919. The topological polar surface area (TPSA) is 116 Å². The summed E-state index contributed by atoms with van der Waals surface area (Å²) >= 11 is 3.32. The maximum atomic E-state index is 11.5. The normalized spacial score (nSPS) is 9.68. The lowest BCUT2D eigenvalue weighted by molar-refractivity contribution is 0.0591. The maximum Gasteiger partial charge on any atom is 0.338 e. The van der Waals surface area contributed by atoms with Gasteiger partial charge in [-0.15, -0.1) is 12.3 Å². The number of methoxy groups -OCH3 is 3. The van der Waals surface area contributed by atoms with Gasteiger partial charge in [0.05, 0.1) is 43.6 Å². The number of carboxylic acids is 1. The van der Waals surface area contributed by atoms with Crippen LogP contribution in [0.1, 0.15) is 264 Å². The van der Waals surface area contributed by atoms with Gasteiger partial charge in [-0.3, -0.25) is 0 Å². The second kappa shape index (κ2) is 49.6. The summed E-state index contributed by atoms with van der Waals surface area (Å²) in [7, 11) is 4.20. The van der Waals surface area contributed by atoms with E-state index in [0.29, 0.717) is 22.3 Å². The van der Waals surface area contributed by atoms with Gasteiger partial charge in [0.1, 0.15) is 0 Å². The van der Waals surface area contributed by atoms with E-state index in [-0.39, 0.29) is 32.8 Å². The molecule has 0 amide bonds. The highest BCUT2D eigenvalue weighted by Crippen LogP contribution is 2.19. The smallest absolute Gasteiger partial charge is 0.338 e. The zero-order valence-electron chi connectivity index (χ0n) is 48.7. The Hall–Kier alpha value is -5.64. The second-order valence-corrected chi connectivity index (χ2v) is 20.1. The highest BCUT2D eigenvalue weighted by molar-refractivity contribution is 9.10. The van der Waals surface area contributed by atoms with Gasteiger partial charge in [0.15, 0.2) is 0 Å². The van der Waals surface area contributed by atoms with Gasteiger partial charge in [-0.05, 0) is 148 Å². The van der Waals surface area contributed by atoms with Crippen LogP contribution in [0.3, 0.4) is 0 Å². The van der Waals surface area contributed by atoms with Gasteiger partial charge in [0.2, 0.25) is 0 Å². The van der Waals surface area contributed by atoms with E-state index in [9.17, 15) is 19.2 Å². The lowest BCUT2D eigenvalue weighted by atomic mass is 10.0. The molecule has 0 heterocycles. The average Bonchev–Trinajstić information content (AvgIpc) is 3.40. The molecular formula is C69H103BrO8. The highest BCUT2D eigenvalue weighted by Gasteiger charge is 2.11. The van der Waals surface area contributed by atoms with Crippen molar-refractivity contribution in [3.8, 4) is 24.2 Å². The zero-order valence-corrected chi connectivity index (χ0v) is 50.2. The second-order valence-electron chi connectivity index (χ2n) is 19.2. The van der Waals surface area contributed by atoms with E-state index in [1.807, 2.05) is 76.2 Å². The van der Waals surface area contributed by atoms with E-state index in [0.717, 1.165) is 58.0 Å². The number of esters is 3. The maximum absolute atomic E-state index is 11.5. The molecule has 0 aliphatic carbocycles. The quantitative estimate of drug-likeness (QED) is 0.0286. The standard InChI is InChI=1S/C17H26O2.C17H22O2.C16H24O2.C9H9BrO2.C8H14.2CH4/c2*1-4-5-6-7-8-9-10-15-11-12-16(14(2)13-15)17(18)19-3;1-3-4-5-6-7-8-9-14-10-11-15(16(17)18)13(2)12-14;1-6-5-7(10)3-4-8(6)9(11)12-2;1-3-5-7-8-6-4-2;;/h11-13H,4-10H2,1-3H3;11-13H,4-8H2,1-3H3;10-12H,3-9H2,1-2H3,(H,17,18);3-5H,1-2H3;1H,4-8H2,2H3;2*1H4. The van der Waals surface area contributed by atoms with Crippen LogP contribution < -0.4 is 0 Å². The predicted octanol–water partition coefficient (Wildman–Crippen LogP) is 19.8. The molecule has 0 aliphatic rings. The molecule has 0 spiro atoms. The number of carbonyl (C=O) groups is 4. The first-order chi connectivity index (χ1) is 36.6. The van der Waals surface area contributed by atoms with Crippen molar-refractivity contribution in [3.63, 3.8) is 0 Å². The van der Waals surface area contributed by atoms with Crippen LogP contribution in [-0.4, -0.2) is 50.3 Å². The minimum atomic E-state index is -0.835. The Kier molecular flexibility index (Phi) is 48.7. The minimum absolute atomic E-state index is 0. The molecule has 0 aliphatic heterocycles. The Labute approximate surface area is 484 Å². The fourth-order valence-electron chi connectivity index (χ4n) is 8.07. The third-order valence-corrected chi connectivity index (χ3v) is 13.1. The van der Waals surface area contributed by atoms with E-state index in [1.54, 1.807) is 18.2 Å². The summed E-state index contributed by atoms with van der Waals surface area (Å²) in [6.07, 6.45) is 34.9. The molecule has 0 saturated carbocycles. The SMILES string of the molecule is C.C.C#CCCCCCC.CCCCCCC#Cc1ccc(C(=O)OC)c(C)c1.CCCCCCCCc1ccc(C(=O)O)c(C)c1.CCCCCCCCc1ccc(C(=O)OC)c(C)c1.COC(=O)c1ccc(Br)cc1C. The molecule has 0 aromatic heterocycles. The zero-order chi connectivity index (χ0) is 56.9. The number of rotatable bonds is 26. The summed E-state index contributed by atoms with van der Waals surface area (Å²) in [5, 5.41) is 8.95. The fraction of sp³-hybridized carbons (Fsp3) is 0.536. The molecule has 4 aromatic rings. The van der Waals surface area contributed by atoms with Crippen LogP contribution in [0.5, 0.6) is 0 Å². The van der Waals surface area contributed by atoms with Crippen LogP contribution in [-0.2, 0) is 27.1 Å². The van der Waals surface area contributed by atoms with Crippen molar-refractivity contribution in [2.24, 2.45) is 0 Å². The fourth-order valence-corrected chi connectivity index (χ4v) is 8.54. The van der Waals surface area contributed by atoms with Crippen molar-refractivity contribution < 1.29 is 38.5 Å². The summed E-state index contributed by atoms with van der Waals surface area (Å²) in [5.41, 5.74) is 9.55. The first kappa shape index (κ1) is 76.6. The molecule has 0 bridgehead atoms. The largest absolute Gasteiger partial charge is 0.478 e. The van der Waals surface area contributed by atoms with Crippen molar-refractivity contribution in [1.29, 1.82) is 0 Å². The number of aryl methyl sites for hydroxylation is 6. The van der Waals surface area contributed by atoms with Crippen molar-refractivity contribution in [2.45, 2.75) is 224 Å². The molecule has 0 fully saturated rings. The van der Waals surface area contributed by atoms with E-state index >= 15 is 0 Å². The minimum Gasteiger partial charge on any atom is -0.478 e. The molecule has 4 aromatic carbocycles. The number of halogens is 1. The Bertz CT molecular complexity index is 2360. The summed E-state index contributed by atoms with van der Waals surface area (Å²) in [4.78, 5) is 44.9. The number of hydrogen-bond acceptors (Lipinski definition) is 7. The number of carbonyl (C=O) groups excluding carboxylic acids is 3. The number of terminal acetylenes is 1. The molecule has 78 heavy (non-hydrogen) atoms. The number of unbranched alkanes of at least 4 members (excludes halogenated alkanes) is 18. The monoisotopic (exact) mass is 1140 g/mol. The number of ether oxygens (including phenoxy) is 3. The van der Waals surface area contributed by atoms with Crippen LogP contribution in [0.4, 0.5) is 0 Å². The number of aromatic carboxylic acids is 1. The van der Waals surface area contributed by atoms with Gasteiger partial charge in [-0.1, -0.05) is 197 Å². The first-order valence-electron chi connectivity index (χ1n) is 28.0. The van der Waals surface area contributed by atoms with Gasteiger partial charge in [-0.25, -0.2) is 19.2 Å². The Morgan fingerprint density at radius 1 is 0.462 bits per heavy atom. The molecule has 0 atom stereocenters. The highest BCUT2D eigenvalue weighted by atomic mass is 79.9. The summed E-state index contributed by atoms with van der Waals surface area (Å²) in [6.45, 7) is 16.5. The van der Waals surface area contributed by atoms with Gasteiger partial charge in [0, 0.05) is 22.9 Å². The van der Waals surface area contributed by atoms with E-state index in [2.05, 4.69) is 72.2 Å². The lowest BCUT2D eigenvalue weighted by Crippen LogP contribution is -2.04. The van der Waals surface area contributed by atoms with Crippen molar-refractivity contribution in [1.82, 2.24) is 0 Å². The van der Waals surface area contributed by atoms with Crippen molar-refractivity contribution in [2.75, 3.05) is 21.3 Å². The average molecular weight is 1140 g/mol. The molecule has 0 radical (unpaired) electrons. The van der Waals surface area contributed by atoms with E-state index in [1.165, 1.54) is 161 Å². The summed E-state index contributed by atoms with van der Waals surface area (Å²) < 4.78 is 15.0. The van der Waals surface area contributed by atoms with Gasteiger partial charge >= 0.3 is 23.9 Å². The van der Waals surface area contributed by atoms with Gasteiger partial charge in [-0.2, -0.15) is 0 Å². The first-order valence-corrected chi connectivity index (χ1v) is 28.8. The summed E-state index contributed by atoms with van der Waals surface area (Å²) in [5.74, 6) is 7.29. The van der Waals surface area contributed by atoms with Crippen LogP contribution in [0.15, 0.2) is 77.3 Å². The lowest BCUT2D eigenvalue weighted by Gasteiger charge is -2.07. The third-order valence-electron chi connectivity index (χ3n) is 12.6. The molecule has 4 rings (SSSR count). The van der Waals surface area contributed by atoms with E-state index in [4.69, 9.17) is 21.0 Å². The molecule has 8 nitrogen and oxygen atoms in total. The predicted molar refractivity (Wildman–Crippen MR) is 334 cm³/mol. The van der Waals surface area contributed by atoms with Crippen LogP contribution in [0, 0.1) is 51.9 Å². The Morgan fingerprint density at radius 3 is 1.18 bits per heavy atom. The number of hydrogen-bond donors (Lipinski definition) is 1. The number of carboxylic acid groups (broad SMARTS) is 1. The Morgan fingerprint density at radius 2 is 0.808 bits per heavy atom. The van der Waals surface area contributed by atoms with Crippen LogP contribution in [0.25, 0.3) is 0 Å².